The zero-order chi connectivity index (χ0) is 25.6. The van der Waals surface area contributed by atoms with Gasteiger partial charge in [-0.1, -0.05) is 48.3 Å². The van der Waals surface area contributed by atoms with E-state index in [1.54, 1.807) is 37.3 Å². The van der Waals surface area contributed by atoms with Gasteiger partial charge < -0.3 is 14.8 Å². The van der Waals surface area contributed by atoms with Crippen LogP contribution in [0.25, 0.3) is 6.08 Å². The predicted molar refractivity (Wildman–Crippen MR) is 133 cm³/mol. The summed E-state index contributed by atoms with van der Waals surface area (Å²) in [6.45, 7) is 5.46. The van der Waals surface area contributed by atoms with E-state index < -0.39 is 24.3 Å². The number of rotatable bonds is 9. The monoisotopic (exact) mass is 522 g/mol. The molecule has 35 heavy (non-hydrogen) atoms. The molecule has 2 aromatic carbocycles. The van der Waals surface area contributed by atoms with Crippen LogP contribution < -0.4 is 14.8 Å². The lowest BCUT2D eigenvalue weighted by Crippen LogP contribution is -2.27. The molecule has 1 heterocycles. The second kappa shape index (κ2) is 11.4. The molecule has 0 aliphatic carbocycles. The number of hydrogen-bond acceptors (Lipinski definition) is 6. The Bertz CT molecular complexity index is 1180. The lowest BCUT2D eigenvalue weighted by molar-refractivity contribution is -0.137. The van der Waals surface area contributed by atoms with E-state index in [2.05, 4.69) is 11.9 Å². The molecule has 2 aromatic rings. The highest BCUT2D eigenvalue weighted by molar-refractivity contribution is 8.26. The fourth-order valence-electron chi connectivity index (χ4n) is 3.11. The Morgan fingerprint density at radius 3 is 2.63 bits per heavy atom. The van der Waals surface area contributed by atoms with Crippen LogP contribution in [0.1, 0.15) is 18.1 Å². The molecule has 184 valence electrons. The van der Waals surface area contributed by atoms with E-state index >= 15 is 0 Å². The quantitative estimate of drug-likeness (QED) is 0.266. The lowest BCUT2D eigenvalue weighted by atomic mass is 10.1. The van der Waals surface area contributed by atoms with Crippen LogP contribution in [0.15, 0.2) is 60.0 Å². The molecule has 0 aromatic heterocycles. The minimum absolute atomic E-state index is 0.225. The minimum atomic E-state index is -4.61. The van der Waals surface area contributed by atoms with Crippen molar-refractivity contribution in [1.82, 2.24) is 4.90 Å². The summed E-state index contributed by atoms with van der Waals surface area (Å²) in [5.41, 5.74) is -0.669. The number of nitrogens with one attached hydrogen (secondary N) is 1. The molecule has 1 N–H and O–H groups in total. The molecule has 0 saturated carbocycles. The Balaban J connectivity index is 1.72. The van der Waals surface area contributed by atoms with Gasteiger partial charge in [0.2, 0.25) is 0 Å². The highest BCUT2D eigenvalue weighted by Gasteiger charge is 2.33. The largest absolute Gasteiger partial charge is 0.490 e. The lowest BCUT2D eigenvalue weighted by Gasteiger charge is -2.15. The summed E-state index contributed by atoms with van der Waals surface area (Å²) < 4.78 is 50.9. The van der Waals surface area contributed by atoms with Gasteiger partial charge in [0.15, 0.2) is 18.1 Å². The average Bonchev–Trinajstić information content (AvgIpc) is 3.06. The van der Waals surface area contributed by atoms with E-state index in [1.807, 2.05) is 0 Å². The van der Waals surface area contributed by atoms with Gasteiger partial charge in [0.05, 0.1) is 22.8 Å². The number of anilines is 1. The molecule has 0 spiro atoms. The number of carbonyl (C=O) groups is 2. The summed E-state index contributed by atoms with van der Waals surface area (Å²) >= 11 is 6.41. The number of halogens is 3. The fraction of sp³-hybridized carbons (Fsp3) is 0.208. The van der Waals surface area contributed by atoms with E-state index in [0.29, 0.717) is 33.7 Å². The number of thioether (sulfide) groups is 1. The first-order valence-corrected chi connectivity index (χ1v) is 11.6. The van der Waals surface area contributed by atoms with E-state index in [0.717, 1.165) is 6.07 Å². The van der Waals surface area contributed by atoms with E-state index in [-0.39, 0.29) is 17.3 Å². The van der Waals surface area contributed by atoms with Crippen molar-refractivity contribution in [2.24, 2.45) is 0 Å². The van der Waals surface area contributed by atoms with Crippen molar-refractivity contribution in [3.63, 3.8) is 0 Å². The van der Waals surface area contributed by atoms with Gasteiger partial charge in [-0.3, -0.25) is 14.5 Å². The molecule has 0 radical (unpaired) electrons. The number of amides is 2. The highest BCUT2D eigenvalue weighted by Crippen LogP contribution is 2.36. The number of benzene rings is 2. The Morgan fingerprint density at radius 1 is 1.20 bits per heavy atom. The molecular formula is C24H21F3N2O4S2. The van der Waals surface area contributed by atoms with Crippen molar-refractivity contribution in [3.05, 3.63) is 71.2 Å². The summed E-state index contributed by atoms with van der Waals surface area (Å²) in [4.78, 5) is 26.7. The van der Waals surface area contributed by atoms with E-state index in [1.165, 1.54) is 34.9 Å². The third-order valence-electron chi connectivity index (χ3n) is 4.62. The van der Waals surface area contributed by atoms with Gasteiger partial charge in [-0.2, -0.15) is 13.2 Å². The van der Waals surface area contributed by atoms with Crippen molar-refractivity contribution in [3.8, 4) is 11.5 Å². The Labute approximate surface area is 209 Å². The first-order chi connectivity index (χ1) is 16.6. The first-order valence-electron chi connectivity index (χ1n) is 10.4. The molecule has 11 heteroatoms. The summed E-state index contributed by atoms with van der Waals surface area (Å²) in [5, 5.41) is 2.22. The van der Waals surface area contributed by atoms with Gasteiger partial charge in [0.1, 0.15) is 4.32 Å². The Hall–Kier alpha value is -3.31. The van der Waals surface area contributed by atoms with Crippen LogP contribution in [0.4, 0.5) is 18.9 Å². The number of nitrogens with zero attached hydrogens (tertiary/aromatic N) is 1. The third-order valence-corrected chi connectivity index (χ3v) is 5.99. The number of alkyl halides is 3. The van der Waals surface area contributed by atoms with Gasteiger partial charge in [-0.05, 0) is 42.8 Å². The summed E-state index contributed by atoms with van der Waals surface area (Å²) in [5.74, 6) is -0.457. The fourth-order valence-corrected chi connectivity index (χ4v) is 4.38. The molecular weight excluding hydrogens is 501 g/mol. The number of carbonyl (C=O) groups excluding carboxylic acids is 2. The SMILES string of the molecule is C=CCN1C(=O)/C(=C/c2ccc(OCC(=O)Nc3ccccc3C(F)(F)F)c(OCC)c2)SC1=S. The van der Waals surface area contributed by atoms with Gasteiger partial charge in [0, 0.05) is 6.54 Å². The van der Waals surface area contributed by atoms with E-state index in [9.17, 15) is 22.8 Å². The molecule has 6 nitrogen and oxygen atoms in total. The maximum absolute atomic E-state index is 13.1. The average molecular weight is 523 g/mol. The maximum atomic E-state index is 13.1. The third kappa shape index (κ3) is 6.64. The van der Waals surface area contributed by atoms with Crippen molar-refractivity contribution >= 4 is 51.9 Å². The molecule has 0 unspecified atom stereocenters. The van der Waals surface area contributed by atoms with Crippen molar-refractivity contribution in [1.29, 1.82) is 0 Å². The summed E-state index contributed by atoms with van der Waals surface area (Å²) in [6.07, 6.45) is -1.36. The molecule has 0 bridgehead atoms. The van der Waals surface area contributed by atoms with Crippen LogP contribution >= 0.6 is 24.0 Å². The van der Waals surface area contributed by atoms with Crippen LogP contribution in [-0.4, -0.2) is 40.8 Å². The van der Waals surface area contributed by atoms with Crippen LogP contribution in [0.2, 0.25) is 0 Å². The maximum Gasteiger partial charge on any atom is 0.418 e. The molecule has 1 saturated heterocycles. The second-order valence-electron chi connectivity index (χ2n) is 7.10. The van der Waals surface area contributed by atoms with Gasteiger partial charge >= 0.3 is 6.18 Å². The Kier molecular flexibility index (Phi) is 8.57. The summed E-state index contributed by atoms with van der Waals surface area (Å²) in [7, 11) is 0. The molecule has 3 rings (SSSR count). The topological polar surface area (TPSA) is 67.9 Å². The van der Waals surface area contributed by atoms with Crippen LogP contribution in [-0.2, 0) is 15.8 Å². The second-order valence-corrected chi connectivity index (χ2v) is 8.78. The number of thiocarbonyl (C=S) groups is 1. The smallest absolute Gasteiger partial charge is 0.418 e. The van der Waals surface area contributed by atoms with Crippen LogP contribution in [0.5, 0.6) is 11.5 Å². The van der Waals surface area contributed by atoms with Crippen molar-refractivity contribution in [2.75, 3.05) is 25.1 Å². The van der Waals surface area contributed by atoms with Gasteiger partial charge in [-0.15, -0.1) is 6.58 Å². The zero-order valence-electron chi connectivity index (χ0n) is 18.6. The summed E-state index contributed by atoms with van der Waals surface area (Å²) in [6, 6.07) is 9.53. The standard InChI is InChI=1S/C24H21F3N2O4S2/c1-3-11-29-22(31)20(35-23(29)34)13-15-9-10-18(19(12-15)32-4-2)33-14-21(30)28-17-8-6-5-7-16(17)24(25,26)27/h3,5-10,12-13H,1,4,11,14H2,2H3,(H,28,30)/b20-13-. The van der Waals surface area contributed by atoms with Gasteiger partial charge in [-0.25, -0.2) is 0 Å². The molecule has 1 aliphatic heterocycles. The Morgan fingerprint density at radius 2 is 1.94 bits per heavy atom. The molecule has 1 fully saturated rings. The zero-order valence-corrected chi connectivity index (χ0v) is 20.2. The molecule has 2 amide bonds. The number of hydrogen-bond donors (Lipinski definition) is 1. The molecule has 1 aliphatic rings. The number of ether oxygens (including phenoxy) is 2. The van der Waals surface area contributed by atoms with Crippen molar-refractivity contribution < 1.29 is 32.2 Å². The minimum Gasteiger partial charge on any atom is -0.490 e. The number of para-hydroxylation sites is 1. The predicted octanol–water partition coefficient (Wildman–Crippen LogP) is 5.51. The highest BCUT2D eigenvalue weighted by atomic mass is 32.2. The normalized spacial score (nSPS) is 14.9. The van der Waals surface area contributed by atoms with E-state index in [4.69, 9.17) is 21.7 Å². The van der Waals surface area contributed by atoms with Gasteiger partial charge in [0.25, 0.3) is 11.8 Å². The van der Waals surface area contributed by atoms with Crippen LogP contribution in [0, 0.1) is 0 Å². The first kappa shape index (κ1) is 26.3. The van der Waals surface area contributed by atoms with Crippen molar-refractivity contribution in [2.45, 2.75) is 13.1 Å². The van der Waals surface area contributed by atoms with Crippen LogP contribution in [0.3, 0.4) is 0 Å². The molecule has 0 atom stereocenters.